The molecule has 1 aliphatic heterocycles. The van der Waals surface area contributed by atoms with E-state index in [-0.39, 0.29) is 4.90 Å². The first kappa shape index (κ1) is 13.0. The zero-order valence-electron chi connectivity index (χ0n) is 9.73. The number of nitrogens with one attached hydrogen (secondary N) is 1. The summed E-state index contributed by atoms with van der Waals surface area (Å²) >= 11 is 0. The van der Waals surface area contributed by atoms with Crippen LogP contribution in [0.3, 0.4) is 0 Å². The molecule has 1 atom stereocenters. The van der Waals surface area contributed by atoms with Gasteiger partial charge in [0.1, 0.15) is 11.1 Å². The van der Waals surface area contributed by atoms with Crippen molar-refractivity contribution in [2.24, 2.45) is 0 Å². The minimum absolute atomic E-state index is 0.00838. The second kappa shape index (κ2) is 5.06. The Labute approximate surface area is 105 Å². The predicted molar refractivity (Wildman–Crippen MR) is 64.2 cm³/mol. The van der Waals surface area contributed by atoms with E-state index >= 15 is 0 Å². The summed E-state index contributed by atoms with van der Waals surface area (Å²) in [6, 6.07) is 4.56. The number of carbonyl (C=O) groups is 1. The standard InChI is InChI=1S/C12H14FNO3S/c13-9-4-6-10(7-5-9)18(16,17)11-3-1-2-8-14-12(11)15/h4-7,11H,1-3,8H2,(H,14,15). The number of benzene rings is 1. The molecular formula is C12H14FNO3S. The van der Waals surface area contributed by atoms with Gasteiger partial charge in [0.25, 0.3) is 0 Å². The van der Waals surface area contributed by atoms with E-state index in [0.717, 1.165) is 18.6 Å². The molecule has 0 saturated carbocycles. The molecule has 0 aliphatic carbocycles. The van der Waals surface area contributed by atoms with Gasteiger partial charge in [-0.05, 0) is 43.5 Å². The summed E-state index contributed by atoms with van der Waals surface area (Å²) < 4.78 is 37.3. The van der Waals surface area contributed by atoms with Crippen molar-refractivity contribution in [3.8, 4) is 0 Å². The lowest BCUT2D eigenvalue weighted by atomic mass is 10.2. The summed E-state index contributed by atoms with van der Waals surface area (Å²) in [6.45, 7) is 0.508. The van der Waals surface area contributed by atoms with E-state index in [2.05, 4.69) is 5.32 Å². The van der Waals surface area contributed by atoms with Gasteiger partial charge < -0.3 is 5.32 Å². The van der Waals surface area contributed by atoms with Crippen molar-refractivity contribution in [3.63, 3.8) is 0 Å². The summed E-state index contributed by atoms with van der Waals surface area (Å²) in [5.41, 5.74) is 0. The molecular weight excluding hydrogens is 257 g/mol. The second-order valence-electron chi connectivity index (χ2n) is 4.27. The van der Waals surface area contributed by atoms with E-state index in [1.165, 1.54) is 12.1 Å². The lowest BCUT2D eigenvalue weighted by Gasteiger charge is -2.14. The average molecular weight is 271 g/mol. The van der Waals surface area contributed by atoms with Crippen LogP contribution < -0.4 is 5.32 Å². The van der Waals surface area contributed by atoms with Crippen molar-refractivity contribution in [2.45, 2.75) is 29.4 Å². The van der Waals surface area contributed by atoms with Gasteiger partial charge in [0.05, 0.1) is 4.90 Å². The molecule has 0 spiro atoms. The number of carbonyl (C=O) groups excluding carboxylic acids is 1. The first-order valence-electron chi connectivity index (χ1n) is 5.79. The van der Waals surface area contributed by atoms with Crippen molar-refractivity contribution in [2.75, 3.05) is 6.54 Å². The molecule has 1 heterocycles. The number of hydrogen-bond donors (Lipinski definition) is 1. The van der Waals surface area contributed by atoms with Crippen LogP contribution in [0.4, 0.5) is 4.39 Å². The Kier molecular flexibility index (Phi) is 3.65. The van der Waals surface area contributed by atoms with Gasteiger partial charge >= 0.3 is 0 Å². The summed E-state index contributed by atoms with van der Waals surface area (Å²) in [5.74, 6) is -0.962. The first-order valence-corrected chi connectivity index (χ1v) is 7.33. The Balaban J connectivity index is 2.34. The minimum Gasteiger partial charge on any atom is -0.355 e. The van der Waals surface area contributed by atoms with Crippen LogP contribution in [0.1, 0.15) is 19.3 Å². The predicted octanol–water partition coefficient (Wildman–Crippen LogP) is 1.27. The summed E-state index contributed by atoms with van der Waals surface area (Å²) in [4.78, 5) is 11.7. The van der Waals surface area contributed by atoms with Crippen molar-refractivity contribution >= 4 is 15.7 Å². The van der Waals surface area contributed by atoms with Crippen LogP contribution in [0, 0.1) is 5.82 Å². The van der Waals surface area contributed by atoms with E-state index in [9.17, 15) is 17.6 Å². The number of rotatable bonds is 2. The lowest BCUT2D eigenvalue weighted by Crippen LogP contribution is -2.38. The Hall–Kier alpha value is -1.43. The number of sulfone groups is 1. The molecule has 1 N–H and O–H groups in total. The third-order valence-electron chi connectivity index (χ3n) is 3.00. The molecule has 1 unspecified atom stereocenters. The highest BCUT2D eigenvalue weighted by Gasteiger charge is 2.34. The Bertz CT molecular complexity index is 539. The minimum atomic E-state index is -3.73. The summed E-state index contributed by atoms with van der Waals surface area (Å²) in [6.07, 6.45) is 1.77. The van der Waals surface area contributed by atoms with E-state index in [0.29, 0.717) is 19.4 Å². The van der Waals surface area contributed by atoms with Gasteiger partial charge in [-0.25, -0.2) is 12.8 Å². The Morgan fingerprint density at radius 2 is 1.83 bits per heavy atom. The van der Waals surface area contributed by atoms with Crippen molar-refractivity contribution in [1.82, 2.24) is 5.32 Å². The Morgan fingerprint density at radius 3 is 2.50 bits per heavy atom. The second-order valence-corrected chi connectivity index (χ2v) is 6.40. The normalized spacial score (nSPS) is 21.2. The van der Waals surface area contributed by atoms with Gasteiger partial charge in [-0.15, -0.1) is 0 Å². The molecule has 1 fully saturated rings. The van der Waals surface area contributed by atoms with Gasteiger partial charge in [0.15, 0.2) is 9.84 Å². The highest BCUT2D eigenvalue weighted by atomic mass is 32.2. The smallest absolute Gasteiger partial charge is 0.238 e. The topological polar surface area (TPSA) is 63.2 Å². The third-order valence-corrected chi connectivity index (χ3v) is 5.13. The average Bonchev–Trinajstić information content (AvgIpc) is 2.55. The van der Waals surface area contributed by atoms with Gasteiger partial charge in [-0.3, -0.25) is 4.79 Å². The van der Waals surface area contributed by atoms with Crippen LogP contribution in [0.5, 0.6) is 0 Å². The molecule has 98 valence electrons. The van der Waals surface area contributed by atoms with Crippen LogP contribution in [-0.2, 0) is 14.6 Å². The zero-order valence-corrected chi connectivity index (χ0v) is 10.5. The molecule has 0 bridgehead atoms. The molecule has 1 aliphatic rings. The van der Waals surface area contributed by atoms with Crippen LogP contribution in [0.2, 0.25) is 0 Å². The SMILES string of the molecule is O=C1NCCCCC1S(=O)(=O)c1ccc(F)cc1. The van der Waals surface area contributed by atoms with Crippen LogP contribution in [0.25, 0.3) is 0 Å². The quantitative estimate of drug-likeness (QED) is 0.824. The highest BCUT2D eigenvalue weighted by molar-refractivity contribution is 7.92. The van der Waals surface area contributed by atoms with Crippen LogP contribution in [-0.4, -0.2) is 26.1 Å². The molecule has 4 nitrogen and oxygen atoms in total. The van der Waals surface area contributed by atoms with Crippen LogP contribution >= 0.6 is 0 Å². The van der Waals surface area contributed by atoms with Crippen LogP contribution in [0.15, 0.2) is 29.2 Å². The van der Waals surface area contributed by atoms with Gasteiger partial charge in [0.2, 0.25) is 5.91 Å². The van der Waals surface area contributed by atoms with E-state index in [1.807, 2.05) is 0 Å². The molecule has 0 radical (unpaired) electrons. The molecule has 18 heavy (non-hydrogen) atoms. The molecule has 1 aromatic carbocycles. The first-order chi connectivity index (χ1) is 8.51. The van der Waals surface area contributed by atoms with E-state index < -0.39 is 26.8 Å². The summed E-state index contributed by atoms with van der Waals surface area (Å²) in [7, 11) is -3.73. The number of halogens is 1. The fraction of sp³-hybridized carbons (Fsp3) is 0.417. The third kappa shape index (κ3) is 2.53. The van der Waals surface area contributed by atoms with E-state index in [4.69, 9.17) is 0 Å². The van der Waals surface area contributed by atoms with Gasteiger partial charge in [-0.2, -0.15) is 0 Å². The van der Waals surface area contributed by atoms with E-state index in [1.54, 1.807) is 0 Å². The Morgan fingerprint density at radius 1 is 1.17 bits per heavy atom. The van der Waals surface area contributed by atoms with Gasteiger partial charge in [0, 0.05) is 6.54 Å². The molecule has 1 saturated heterocycles. The van der Waals surface area contributed by atoms with Gasteiger partial charge in [-0.1, -0.05) is 0 Å². The molecule has 0 aromatic heterocycles. The maximum absolute atomic E-state index is 12.8. The summed E-state index contributed by atoms with van der Waals surface area (Å²) in [5, 5.41) is 1.53. The highest BCUT2D eigenvalue weighted by Crippen LogP contribution is 2.22. The molecule has 2 rings (SSSR count). The molecule has 1 amide bonds. The number of hydrogen-bond acceptors (Lipinski definition) is 3. The van der Waals surface area contributed by atoms with Crippen molar-refractivity contribution < 1.29 is 17.6 Å². The fourth-order valence-electron chi connectivity index (χ4n) is 2.00. The maximum Gasteiger partial charge on any atom is 0.238 e. The monoisotopic (exact) mass is 271 g/mol. The largest absolute Gasteiger partial charge is 0.355 e. The van der Waals surface area contributed by atoms with Crippen molar-refractivity contribution in [3.05, 3.63) is 30.1 Å². The molecule has 1 aromatic rings. The molecule has 6 heteroatoms. The zero-order chi connectivity index (χ0) is 13.2. The fourth-order valence-corrected chi connectivity index (χ4v) is 3.68. The maximum atomic E-state index is 12.8. The number of amides is 1. The lowest BCUT2D eigenvalue weighted by molar-refractivity contribution is -0.120. The van der Waals surface area contributed by atoms with Crippen molar-refractivity contribution in [1.29, 1.82) is 0 Å².